The third kappa shape index (κ3) is 3.36. The average Bonchev–Trinajstić information content (AvgIpc) is 3.07. The number of carbonyl (C=O) groups is 1. The van der Waals surface area contributed by atoms with Crippen molar-refractivity contribution >= 4 is 50.2 Å². The van der Waals surface area contributed by atoms with E-state index in [9.17, 15) is 4.79 Å². The summed E-state index contributed by atoms with van der Waals surface area (Å²) >= 11 is 9.68. The number of rotatable bonds is 3. The maximum absolute atomic E-state index is 12.4. The molecule has 0 aliphatic rings. The zero-order chi connectivity index (χ0) is 18.1. The maximum atomic E-state index is 12.4. The van der Waals surface area contributed by atoms with Crippen LogP contribution in [0.4, 0.5) is 5.69 Å². The molecule has 0 bridgehead atoms. The van der Waals surface area contributed by atoms with E-state index in [1.807, 2.05) is 36.4 Å². The van der Waals surface area contributed by atoms with Crippen molar-refractivity contribution in [1.82, 2.24) is 4.98 Å². The molecule has 1 N–H and O–H groups in total. The molecular weight excluding hydrogens is 416 g/mol. The molecule has 26 heavy (non-hydrogen) atoms. The first kappa shape index (κ1) is 16.8. The minimum absolute atomic E-state index is 0.211. The third-order valence-corrected chi connectivity index (χ3v) is 4.66. The van der Waals surface area contributed by atoms with Crippen LogP contribution in [0, 0.1) is 0 Å². The second-order valence-corrected chi connectivity index (χ2v) is 6.97. The van der Waals surface area contributed by atoms with Crippen LogP contribution in [-0.2, 0) is 0 Å². The summed E-state index contributed by atoms with van der Waals surface area (Å²) in [5.41, 5.74) is 3.22. The monoisotopic (exact) mass is 426 g/mol. The van der Waals surface area contributed by atoms with E-state index >= 15 is 0 Å². The Hall–Kier alpha value is -2.63. The summed E-state index contributed by atoms with van der Waals surface area (Å²) in [7, 11) is 0. The van der Waals surface area contributed by atoms with Crippen LogP contribution in [0.25, 0.3) is 22.6 Å². The number of halogens is 2. The van der Waals surface area contributed by atoms with E-state index < -0.39 is 0 Å². The molecular formula is C20H12BrClN2O2. The van der Waals surface area contributed by atoms with Gasteiger partial charge in [-0.15, -0.1) is 0 Å². The van der Waals surface area contributed by atoms with Crippen LogP contribution in [0.3, 0.4) is 0 Å². The quantitative estimate of drug-likeness (QED) is 0.426. The third-order valence-electron chi connectivity index (χ3n) is 3.84. The molecule has 0 saturated heterocycles. The van der Waals surface area contributed by atoms with Gasteiger partial charge in [-0.05, 0) is 48.5 Å². The van der Waals surface area contributed by atoms with Crippen molar-refractivity contribution in [2.45, 2.75) is 0 Å². The van der Waals surface area contributed by atoms with Gasteiger partial charge in [-0.3, -0.25) is 4.79 Å². The van der Waals surface area contributed by atoms with Crippen LogP contribution in [0.15, 0.2) is 75.6 Å². The number of nitrogens with zero attached hydrogens (tertiary/aromatic N) is 1. The van der Waals surface area contributed by atoms with E-state index in [4.69, 9.17) is 16.0 Å². The van der Waals surface area contributed by atoms with Gasteiger partial charge < -0.3 is 9.73 Å². The normalized spacial score (nSPS) is 10.8. The molecule has 0 aliphatic carbocycles. The van der Waals surface area contributed by atoms with Gasteiger partial charge in [0.15, 0.2) is 5.58 Å². The number of para-hydroxylation sites is 2. The summed E-state index contributed by atoms with van der Waals surface area (Å²) in [6.07, 6.45) is 0. The Morgan fingerprint density at radius 2 is 1.88 bits per heavy atom. The molecule has 128 valence electrons. The number of oxazole rings is 1. The molecule has 0 saturated carbocycles. The van der Waals surface area contributed by atoms with E-state index in [0.717, 1.165) is 9.99 Å². The minimum Gasteiger partial charge on any atom is -0.436 e. The highest BCUT2D eigenvalue weighted by Crippen LogP contribution is 2.32. The van der Waals surface area contributed by atoms with Gasteiger partial charge in [0, 0.05) is 15.7 Å². The molecule has 0 aliphatic heterocycles. The van der Waals surface area contributed by atoms with Crippen molar-refractivity contribution in [2.24, 2.45) is 0 Å². The van der Waals surface area contributed by atoms with Gasteiger partial charge >= 0.3 is 0 Å². The van der Waals surface area contributed by atoms with Crippen molar-refractivity contribution in [2.75, 3.05) is 5.32 Å². The lowest BCUT2D eigenvalue weighted by Crippen LogP contribution is -2.11. The van der Waals surface area contributed by atoms with Gasteiger partial charge in [0.1, 0.15) is 5.52 Å². The number of hydrogen-bond acceptors (Lipinski definition) is 3. The van der Waals surface area contributed by atoms with Crippen LogP contribution >= 0.6 is 27.5 Å². The number of carbonyl (C=O) groups excluding carboxylic acids is 1. The molecule has 4 aromatic rings. The standard InChI is InChI=1S/C20H12BrClN2O2/c21-13-5-3-4-12(10-13)19(25)23-14-8-9-16(22)15(11-14)20-24-17-6-1-2-7-18(17)26-20/h1-11H,(H,23,25). The molecule has 0 spiro atoms. The Balaban J connectivity index is 1.67. The molecule has 0 fully saturated rings. The SMILES string of the molecule is O=C(Nc1ccc(Cl)c(-c2nc3ccccc3o2)c1)c1cccc(Br)c1. The topological polar surface area (TPSA) is 55.1 Å². The fraction of sp³-hybridized carbons (Fsp3) is 0. The van der Waals surface area contributed by atoms with Gasteiger partial charge in [-0.1, -0.05) is 45.7 Å². The van der Waals surface area contributed by atoms with Crippen LogP contribution in [0.2, 0.25) is 5.02 Å². The summed E-state index contributed by atoms with van der Waals surface area (Å²) in [6, 6.07) is 19.9. The molecule has 4 nitrogen and oxygen atoms in total. The first-order chi connectivity index (χ1) is 12.6. The van der Waals surface area contributed by atoms with Crippen LogP contribution in [0.5, 0.6) is 0 Å². The van der Waals surface area contributed by atoms with Gasteiger partial charge in [-0.2, -0.15) is 0 Å². The van der Waals surface area contributed by atoms with Crippen molar-refractivity contribution in [3.05, 3.63) is 81.8 Å². The van der Waals surface area contributed by atoms with Gasteiger partial charge in [-0.25, -0.2) is 4.98 Å². The van der Waals surface area contributed by atoms with Crippen molar-refractivity contribution < 1.29 is 9.21 Å². The van der Waals surface area contributed by atoms with E-state index in [0.29, 0.717) is 33.3 Å². The largest absolute Gasteiger partial charge is 0.436 e. The lowest BCUT2D eigenvalue weighted by atomic mass is 10.1. The summed E-state index contributed by atoms with van der Waals surface area (Å²) in [5, 5.41) is 3.37. The highest BCUT2D eigenvalue weighted by molar-refractivity contribution is 9.10. The minimum atomic E-state index is -0.211. The molecule has 0 atom stereocenters. The Bertz CT molecular complexity index is 1090. The smallest absolute Gasteiger partial charge is 0.255 e. The number of aromatic nitrogens is 1. The molecule has 3 aromatic carbocycles. The van der Waals surface area contributed by atoms with E-state index in [-0.39, 0.29) is 5.91 Å². The van der Waals surface area contributed by atoms with E-state index in [1.165, 1.54) is 0 Å². The Kier molecular flexibility index (Phi) is 4.49. The molecule has 1 amide bonds. The molecule has 1 aromatic heterocycles. The maximum Gasteiger partial charge on any atom is 0.255 e. The lowest BCUT2D eigenvalue weighted by Gasteiger charge is -2.08. The number of fused-ring (bicyclic) bond motifs is 1. The Labute approximate surface area is 162 Å². The Morgan fingerprint density at radius 3 is 2.69 bits per heavy atom. The second-order valence-electron chi connectivity index (χ2n) is 5.65. The lowest BCUT2D eigenvalue weighted by molar-refractivity contribution is 0.102. The van der Waals surface area contributed by atoms with Gasteiger partial charge in [0.25, 0.3) is 5.91 Å². The first-order valence-electron chi connectivity index (χ1n) is 7.82. The van der Waals surface area contributed by atoms with Crippen molar-refractivity contribution in [1.29, 1.82) is 0 Å². The second kappa shape index (κ2) is 6.94. The van der Waals surface area contributed by atoms with Gasteiger partial charge in [0.05, 0.1) is 10.6 Å². The zero-order valence-corrected chi connectivity index (χ0v) is 15.7. The number of nitrogens with one attached hydrogen (secondary N) is 1. The number of hydrogen-bond donors (Lipinski definition) is 1. The van der Waals surface area contributed by atoms with E-state index in [2.05, 4.69) is 26.2 Å². The summed E-state index contributed by atoms with van der Waals surface area (Å²) in [4.78, 5) is 16.9. The first-order valence-corrected chi connectivity index (χ1v) is 9.00. The summed E-state index contributed by atoms with van der Waals surface area (Å²) in [5.74, 6) is 0.201. The number of amides is 1. The zero-order valence-electron chi connectivity index (χ0n) is 13.4. The number of anilines is 1. The fourth-order valence-electron chi connectivity index (χ4n) is 2.59. The predicted molar refractivity (Wildman–Crippen MR) is 107 cm³/mol. The van der Waals surface area contributed by atoms with Crippen LogP contribution in [-0.4, -0.2) is 10.9 Å². The summed E-state index contributed by atoms with van der Waals surface area (Å²) in [6.45, 7) is 0. The highest BCUT2D eigenvalue weighted by Gasteiger charge is 2.14. The van der Waals surface area contributed by atoms with Crippen LogP contribution in [0.1, 0.15) is 10.4 Å². The molecule has 1 heterocycles. The van der Waals surface area contributed by atoms with Crippen molar-refractivity contribution in [3.63, 3.8) is 0 Å². The molecule has 0 radical (unpaired) electrons. The summed E-state index contributed by atoms with van der Waals surface area (Å²) < 4.78 is 6.62. The molecule has 0 unspecified atom stereocenters. The molecule has 4 rings (SSSR count). The van der Waals surface area contributed by atoms with Gasteiger partial charge in [0.2, 0.25) is 5.89 Å². The molecule has 6 heteroatoms. The fourth-order valence-corrected chi connectivity index (χ4v) is 3.18. The van der Waals surface area contributed by atoms with Crippen LogP contribution < -0.4 is 5.32 Å². The highest BCUT2D eigenvalue weighted by atomic mass is 79.9. The van der Waals surface area contributed by atoms with Crippen molar-refractivity contribution in [3.8, 4) is 11.5 Å². The number of benzene rings is 3. The average molecular weight is 428 g/mol. The Morgan fingerprint density at radius 1 is 1.04 bits per heavy atom. The predicted octanol–water partition coefficient (Wildman–Crippen LogP) is 6.16. The van der Waals surface area contributed by atoms with E-state index in [1.54, 1.807) is 30.3 Å².